The molecule has 0 aromatic heterocycles. The van der Waals surface area contributed by atoms with Crippen LogP contribution in [0, 0.1) is 35.2 Å². The molecule has 2 aromatic carbocycles. The molecule has 3 aliphatic rings. The van der Waals surface area contributed by atoms with Crippen molar-refractivity contribution in [3.05, 3.63) is 58.4 Å². The van der Waals surface area contributed by atoms with Crippen LogP contribution in [0.4, 0.5) is 18.9 Å². The molecule has 0 radical (unpaired) electrons. The number of hydroxylamine groups is 2. The number of nitrogens with zero attached hydrogens (tertiary/aromatic N) is 1. The summed E-state index contributed by atoms with van der Waals surface area (Å²) < 4.78 is 68.1. The topological polar surface area (TPSA) is 75.7 Å². The number of hydrogen-bond acceptors (Lipinski definition) is 5. The maximum absolute atomic E-state index is 13.9. The Morgan fingerprint density at radius 2 is 1.72 bits per heavy atom. The molecule has 1 spiro atoms. The Balaban J connectivity index is 1.43. The molecule has 5 rings (SSSR count). The molecule has 1 saturated heterocycles. The van der Waals surface area contributed by atoms with Gasteiger partial charge in [-0.2, -0.15) is 5.06 Å². The van der Waals surface area contributed by atoms with Gasteiger partial charge < -0.3 is 5.32 Å². The summed E-state index contributed by atoms with van der Waals surface area (Å²) in [5, 5.41) is 3.56. The molecule has 2 aromatic rings. The van der Waals surface area contributed by atoms with Crippen molar-refractivity contribution in [3.8, 4) is 0 Å². The normalized spacial score (nSPS) is 30.2. The molecule has 3 fully saturated rings. The van der Waals surface area contributed by atoms with Gasteiger partial charge in [0.25, 0.3) is 5.91 Å². The van der Waals surface area contributed by atoms with Crippen LogP contribution in [0.15, 0.2) is 35.2 Å². The first-order valence-corrected chi connectivity index (χ1v) is 13.7. The lowest BCUT2D eigenvalue weighted by Gasteiger charge is -2.46. The number of rotatable bonds is 4. The molecule has 6 nitrogen and oxygen atoms in total. The summed E-state index contributed by atoms with van der Waals surface area (Å²) >= 11 is 6.33. The van der Waals surface area contributed by atoms with Crippen LogP contribution >= 0.6 is 11.6 Å². The van der Waals surface area contributed by atoms with Crippen LogP contribution in [0.3, 0.4) is 0 Å². The summed E-state index contributed by atoms with van der Waals surface area (Å²) in [6.07, 6.45) is 2.97. The minimum absolute atomic E-state index is 0.000191. The van der Waals surface area contributed by atoms with Gasteiger partial charge in [0.1, 0.15) is 0 Å². The Hall–Kier alpha value is -2.14. The lowest BCUT2D eigenvalue weighted by Crippen LogP contribution is -2.54. The summed E-state index contributed by atoms with van der Waals surface area (Å²) in [6.45, 7) is 2.74. The standard InChI is InChI=1S/C25H26ClF3N2O4S/c1-13-12-35-31(2)25(13)10-15-3-4-16(11-25)23(15)36(33,34)21-7-14(5-6-18(21)26)24(32)30-17-8-19(27)22(29)20(28)9-17/h5-9,13,15-16,23H,3-4,10-12H2,1-2H3,(H,30,32)/t13?,15-,16?,23?,25-/m0/s1. The van der Waals surface area contributed by atoms with Crippen LogP contribution in [-0.2, 0) is 14.7 Å². The van der Waals surface area contributed by atoms with E-state index in [2.05, 4.69) is 12.2 Å². The lowest BCUT2D eigenvalue weighted by atomic mass is 9.69. The fourth-order valence-corrected chi connectivity index (χ4v) is 9.24. The van der Waals surface area contributed by atoms with Gasteiger partial charge in [0.15, 0.2) is 27.3 Å². The fourth-order valence-electron chi connectivity index (χ4n) is 6.39. The molecule has 1 amide bonds. The van der Waals surface area contributed by atoms with Gasteiger partial charge >= 0.3 is 0 Å². The van der Waals surface area contributed by atoms with Crippen molar-refractivity contribution in [1.29, 1.82) is 0 Å². The number of carbonyl (C=O) groups is 1. The molecule has 36 heavy (non-hydrogen) atoms. The Labute approximate surface area is 212 Å². The first kappa shape index (κ1) is 25.5. The van der Waals surface area contributed by atoms with Gasteiger partial charge in [-0.05, 0) is 55.7 Å². The van der Waals surface area contributed by atoms with E-state index in [0.29, 0.717) is 31.6 Å². The van der Waals surface area contributed by atoms with E-state index in [1.54, 1.807) is 0 Å². The average Bonchev–Trinajstić information content (AvgIpc) is 3.25. The largest absolute Gasteiger partial charge is 0.322 e. The molecule has 11 heteroatoms. The van der Waals surface area contributed by atoms with Crippen LogP contribution in [0.25, 0.3) is 0 Å². The van der Waals surface area contributed by atoms with Crippen LogP contribution in [0.5, 0.6) is 0 Å². The van der Waals surface area contributed by atoms with E-state index < -0.39 is 38.4 Å². The summed E-state index contributed by atoms with van der Waals surface area (Å²) in [5.41, 5.74) is -0.549. The first-order chi connectivity index (χ1) is 16.9. The molecule has 2 aliphatic carbocycles. The van der Waals surface area contributed by atoms with Crippen LogP contribution < -0.4 is 5.32 Å². The van der Waals surface area contributed by atoms with Gasteiger partial charge in [0.2, 0.25) is 0 Å². The maximum atomic E-state index is 13.9. The van der Waals surface area contributed by atoms with Crippen molar-refractivity contribution in [2.24, 2.45) is 17.8 Å². The highest BCUT2D eigenvalue weighted by molar-refractivity contribution is 7.92. The third-order valence-electron chi connectivity index (χ3n) is 8.23. The molecule has 3 unspecified atom stereocenters. The number of benzene rings is 2. The Kier molecular flexibility index (Phi) is 6.38. The summed E-state index contributed by atoms with van der Waals surface area (Å²) in [5.74, 6) is -5.23. The van der Waals surface area contributed by atoms with Gasteiger partial charge in [0, 0.05) is 36.3 Å². The minimum atomic E-state index is -3.90. The van der Waals surface area contributed by atoms with Gasteiger partial charge in [-0.15, -0.1) is 0 Å². The second-order valence-corrected chi connectivity index (χ2v) is 12.6. The number of carbonyl (C=O) groups excluding carboxylic acids is 1. The van der Waals surface area contributed by atoms with Gasteiger partial charge in [0.05, 0.1) is 27.3 Å². The van der Waals surface area contributed by atoms with E-state index >= 15 is 0 Å². The van der Waals surface area contributed by atoms with E-state index in [9.17, 15) is 26.4 Å². The van der Waals surface area contributed by atoms with E-state index in [1.165, 1.54) is 18.2 Å². The predicted molar refractivity (Wildman–Crippen MR) is 128 cm³/mol. The number of halogens is 4. The van der Waals surface area contributed by atoms with E-state index in [4.69, 9.17) is 16.4 Å². The van der Waals surface area contributed by atoms with E-state index in [0.717, 1.165) is 12.8 Å². The molecular weight excluding hydrogens is 517 g/mol. The van der Waals surface area contributed by atoms with Crippen molar-refractivity contribution in [2.75, 3.05) is 19.0 Å². The van der Waals surface area contributed by atoms with Crippen LogP contribution in [0.2, 0.25) is 5.02 Å². The number of amides is 1. The quantitative estimate of drug-likeness (QED) is 0.536. The summed E-state index contributed by atoms with van der Waals surface area (Å²) in [4.78, 5) is 18.4. The monoisotopic (exact) mass is 542 g/mol. The number of hydrogen-bond donors (Lipinski definition) is 1. The van der Waals surface area contributed by atoms with Crippen molar-refractivity contribution in [2.45, 2.75) is 48.3 Å². The van der Waals surface area contributed by atoms with Gasteiger partial charge in [-0.25, -0.2) is 21.6 Å². The van der Waals surface area contributed by atoms with Crippen LogP contribution in [0.1, 0.15) is 43.0 Å². The molecule has 1 heterocycles. The number of nitrogens with one attached hydrogen (secondary N) is 1. The molecule has 1 N–H and O–H groups in total. The molecule has 2 bridgehead atoms. The number of sulfone groups is 1. The number of fused-ring (bicyclic) bond motifs is 2. The Morgan fingerprint density at radius 3 is 2.28 bits per heavy atom. The molecular formula is C25H26ClF3N2O4S. The third kappa shape index (κ3) is 4.02. The zero-order chi connectivity index (χ0) is 26.0. The highest BCUT2D eigenvalue weighted by atomic mass is 35.5. The predicted octanol–water partition coefficient (Wildman–Crippen LogP) is 5.22. The van der Waals surface area contributed by atoms with Crippen molar-refractivity contribution >= 4 is 33.0 Å². The van der Waals surface area contributed by atoms with E-state index in [-0.39, 0.29) is 44.5 Å². The maximum Gasteiger partial charge on any atom is 0.255 e. The fraction of sp³-hybridized carbons (Fsp3) is 0.480. The van der Waals surface area contributed by atoms with Gasteiger partial charge in [-0.3, -0.25) is 9.63 Å². The SMILES string of the molecule is CC1CON(C)[C@@]12CC1CC[C@@H](C2)C1S(=O)(=O)c1cc(C(=O)Nc2cc(F)c(F)c(F)c2)ccc1Cl. The molecule has 5 atom stereocenters. The van der Waals surface area contributed by atoms with Gasteiger partial charge in [-0.1, -0.05) is 18.5 Å². The molecule has 2 saturated carbocycles. The molecule has 194 valence electrons. The highest BCUT2D eigenvalue weighted by Crippen LogP contribution is 2.56. The van der Waals surface area contributed by atoms with E-state index in [1.807, 2.05) is 12.1 Å². The van der Waals surface area contributed by atoms with Crippen molar-refractivity contribution in [1.82, 2.24) is 5.06 Å². The van der Waals surface area contributed by atoms with Crippen LogP contribution in [-0.4, -0.2) is 43.8 Å². The zero-order valence-electron chi connectivity index (χ0n) is 19.7. The number of anilines is 1. The zero-order valence-corrected chi connectivity index (χ0v) is 21.3. The smallest absolute Gasteiger partial charge is 0.255 e. The Morgan fingerprint density at radius 1 is 1.11 bits per heavy atom. The highest BCUT2D eigenvalue weighted by Gasteiger charge is 2.59. The van der Waals surface area contributed by atoms with Crippen molar-refractivity contribution < 1.29 is 31.2 Å². The van der Waals surface area contributed by atoms with Crippen molar-refractivity contribution in [3.63, 3.8) is 0 Å². The average molecular weight is 543 g/mol. The molecule has 1 aliphatic heterocycles. The Bertz CT molecular complexity index is 1290. The minimum Gasteiger partial charge on any atom is -0.322 e. The second-order valence-electron chi connectivity index (χ2n) is 10.2. The third-order valence-corrected chi connectivity index (χ3v) is 11.1. The summed E-state index contributed by atoms with van der Waals surface area (Å²) in [7, 11) is -1.99. The first-order valence-electron chi connectivity index (χ1n) is 11.8. The second kappa shape index (κ2) is 9.01. The lowest BCUT2D eigenvalue weighted by molar-refractivity contribution is -0.157. The summed E-state index contributed by atoms with van der Waals surface area (Å²) in [6, 6.07) is 5.13.